The van der Waals surface area contributed by atoms with E-state index in [1.54, 1.807) is 6.20 Å². The Labute approximate surface area is 142 Å². The lowest BCUT2D eigenvalue weighted by Crippen LogP contribution is -2.12. The van der Waals surface area contributed by atoms with Crippen molar-refractivity contribution in [3.63, 3.8) is 0 Å². The number of nitrogens with one attached hydrogen (secondary N) is 1. The minimum atomic E-state index is 0.00721. The van der Waals surface area contributed by atoms with Gasteiger partial charge in [0.15, 0.2) is 5.82 Å². The molecule has 0 saturated carbocycles. The average Bonchev–Trinajstić information content (AvgIpc) is 3.08. The van der Waals surface area contributed by atoms with Gasteiger partial charge in [-0.1, -0.05) is 32.9 Å². The molecule has 0 amide bonds. The van der Waals surface area contributed by atoms with Crippen LogP contribution in [0.15, 0.2) is 23.0 Å². The van der Waals surface area contributed by atoms with Gasteiger partial charge in [-0.05, 0) is 19.9 Å². The molecular weight excluding hydrogens is 302 g/mol. The van der Waals surface area contributed by atoms with E-state index < -0.39 is 0 Å². The third kappa shape index (κ3) is 3.00. The van der Waals surface area contributed by atoms with Crippen LogP contribution in [0.2, 0.25) is 0 Å². The summed E-state index contributed by atoms with van der Waals surface area (Å²) in [6, 6.07) is 2.11. The first-order valence-corrected chi connectivity index (χ1v) is 8.29. The molecule has 6 heteroatoms. The fraction of sp³-hybridized carbons (Fsp3) is 0.500. The number of hydrogen-bond donors (Lipinski definition) is 1. The smallest absolute Gasteiger partial charge is 0.152 e. The first-order chi connectivity index (χ1) is 11.3. The summed E-state index contributed by atoms with van der Waals surface area (Å²) in [6.07, 6.45) is 3.66. The van der Waals surface area contributed by atoms with Crippen molar-refractivity contribution in [2.45, 2.75) is 52.9 Å². The quantitative estimate of drug-likeness (QED) is 0.788. The lowest BCUT2D eigenvalue weighted by molar-refractivity contribution is 0.391. The molecule has 3 aromatic rings. The number of anilines is 1. The van der Waals surface area contributed by atoms with E-state index in [4.69, 9.17) is 4.52 Å². The average molecular weight is 327 g/mol. The number of hydrogen-bond acceptors (Lipinski definition) is 5. The molecule has 0 saturated heterocycles. The van der Waals surface area contributed by atoms with E-state index in [1.165, 1.54) is 5.56 Å². The molecule has 1 atom stereocenters. The molecule has 1 N–H and O–H groups in total. The van der Waals surface area contributed by atoms with Crippen LogP contribution in [-0.2, 0) is 5.41 Å². The van der Waals surface area contributed by atoms with E-state index in [0.29, 0.717) is 0 Å². The molecule has 0 radical (unpaired) electrons. The van der Waals surface area contributed by atoms with Crippen LogP contribution in [0.5, 0.6) is 0 Å². The van der Waals surface area contributed by atoms with Gasteiger partial charge in [0, 0.05) is 35.8 Å². The zero-order chi connectivity index (χ0) is 17.5. The van der Waals surface area contributed by atoms with E-state index in [1.807, 2.05) is 24.6 Å². The Balaban J connectivity index is 1.84. The summed E-state index contributed by atoms with van der Waals surface area (Å²) >= 11 is 0. The number of rotatable bonds is 4. The predicted molar refractivity (Wildman–Crippen MR) is 94.6 cm³/mol. The molecule has 24 heavy (non-hydrogen) atoms. The van der Waals surface area contributed by atoms with Gasteiger partial charge in [-0.2, -0.15) is 5.10 Å². The van der Waals surface area contributed by atoms with Crippen LogP contribution >= 0.6 is 0 Å². The van der Waals surface area contributed by atoms with E-state index in [2.05, 4.69) is 54.3 Å². The summed E-state index contributed by atoms with van der Waals surface area (Å²) in [5, 5.41) is 12.2. The fourth-order valence-corrected chi connectivity index (χ4v) is 2.97. The summed E-state index contributed by atoms with van der Waals surface area (Å²) < 4.78 is 7.16. The molecule has 0 fully saturated rings. The summed E-state index contributed by atoms with van der Waals surface area (Å²) in [5.41, 5.74) is 4.17. The highest BCUT2D eigenvalue weighted by Crippen LogP contribution is 2.26. The Kier molecular flexibility index (Phi) is 4.07. The number of aryl methyl sites for hydroxylation is 2. The molecule has 0 aromatic carbocycles. The van der Waals surface area contributed by atoms with Crippen LogP contribution in [0.1, 0.15) is 56.3 Å². The second-order valence-electron chi connectivity index (χ2n) is 7.41. The Morgan fingerprint density at radius 3 is 2.67 bits per heavy atom. The van der Waals surface area contributed by atoms with Crippen molar-refractivity contribution in [2.75, 3.05) is 11.9 Å². The highest BCUT2D eigenvalue weighted by Gasteiger charge is 2.20. The minimum Gasteiger partial charge on any atom is -0.368 e. The van der Waals surface area contributed by atoms with Crippen LogP contribution in [0.4, 0.5) is 5.82 Å². The van der Waals surface area contributed by atoms with E-state index in [-0.39, 0.29) is 11.3 Å². The van der Waals surface area contributed by atoms with Crippen molar-refractivity contribution >= 4 is 11.3 Å². The molecule has 3 heterocycles. The number of nitrogens with zero attached hydrogens (tertiary/aromatic N) is 4. The van der Waals surface area contributed by atoms with Crippen LogP contribution < -0.4 is 5.32 Å². The number of aromatic nitrogens is 4. The summed E-state index contributed by atoms with van der Waals surface area (Å²) in [7, 11) is 0. The largest absolute Gasteiger partial charge is 0.368 e. The van der Waals surface area contributed by atoms with Crippen molar-refractivity contribution in [3.05, 3.63) is 41.2 Å². The third-order valence-corrected chi connectivity index (χ3v) is 4.32. The topological polar surface area (TPSA) is 68.2 Å². The molecule has 0 spiro atoms. The second-order valence-corrected chi connectivity index (χ2v) is 7.41. The molecular formula is C18H25N5O. The van der Waals surface area contributed by atoms with Gasteiger partial charge in [-0.15, -0.1) is 0 Å². The monoisotopic (exact) mass is 327 g/mol. The van der Waals surface area contributed by atoms with Crippen LogP contribution in [0.3, 0.4) is 0 Å². The highest BCUT2D eigenvalue weighted by molar-refractivity contribution is 5.68. The van der Waals surface area contributed by atoms with Gasteiger partial charge < -0.3 is 9.84 Å². The zero-order valence-electron chi connectivity index (χ0n) is 15.2. The standard InChI is InChI=1S/C18H25N5O/c1-11(16-12(2)22-24-13(16)3)10-20-17-14-9-15(18(4,5)6)21-23(14)8-7-19-17/h7-9,11H,10H2,1-6H3,(H,19,20). The van der Waals surface area contributed by atoms with Crippen molar-refractivity contribution in [1.82, 2.24) is 19.8 Å². The molecule has 0 aliphatic carbocycles. The maximum absolute atomic E-state index is 5.27. The first-order valence-electron chi connectivity index (χ1n) is 8.29. The first kappa shape index (κ1) is 16.5. The van der Waals surface area contributed by atoms with Crippen LogP contribution in [0, 0.1) is 13.8 Å². The van der Waals surface area contributed by atoms with E-state index >= 15 is 0 Å². The van der Waals surface area contributed by atoms with Gasteiger partial charge in [0.1, 0.15) is 11.3 Å². The Morgan fingerprint density at radius 1 is 1.29 bits per heavy atom. The molecule has 6 nitrogen and oxygen atoms in total. The fourth-order valence-electron chi connectivity index (χ4n) is 2.97. The van der Waals surface area contributed by atoms with Gasteiger partial charge in [0.25, 0.3) is 0 Å². The van der Waals surface area contributed by atoms with Gasteiger partial charge in [0.2, 0.25) is 0 Å². The van der Waals surface area contributed by atoms with Gasteiger partial charge in [-0.3, -0.25) is 0 Å². The van der Waals surface area contributed by atoms with Crippen LogP contribution in [-0.4, -0.2) is 26.3 Å². The van der Waals surface area contributed by atoms with Crippen molar-refractivity contribution in [2.24, 2.45) is 0 Å². The molecule has 0 aliphatic rings. The van der Waals surface area contributed by atoms with Crippen molar-refractivity contribution in [3.8, 4) is 0 Å². The maximum atomic E-state index is 5.27. The van der Waals surface area contributed by atoms with E-state index in [9.17, 15) is 0 Å². The molecule has 1 unspecified atom stereocenters. The Hall–Kier alpha value is -2.37. The van der Waals surface area contributed by atoms with Crippen molar-refractivity contribution < 1.29 is 4.52 Å². The Bertz CT molecular complexity index is 837. The SMILES string of the molecule is Cc1noc(C)c1C(C)CNc1nccn2nc(C(C)(C)C)cc12. The highest BCUT2D eigenvalue weighted by atomic mass is 16.5. The molecule has 3 aromatic heterocycles. The van der Waals surface area contributed by atoms with Gasteiger partial charge in [-0.25, -0.2) is 9.50 Å². The lowest BCUT2D eigenvalue weighted by atomic mass is 9.92. The Morgan fingerprint density at radius 2 is 2.04 bits per heavy atom. The van der Waals surface area contributed by atoms with E-state index in [0.717, 1.165) is 35.0 Å². The summed E-state index contributed by atoms with van der Waals surface area (Å²) in [6.45, 7) is 13.3. The molecule has 128 valence electrons. The van der Waals surface area contributed by atoms with Gasteiger partial charge >= 0.3 is 0 Å². The molecule has 3 rings (SSSR count). The molecule has 0 bridgehead atoms. The zero-order valence-corrected chi connectivity index (χ0v) is 15.2. The van der Waals surface area contributed by atoms with Gasteiger partial charge in [0.05, 0.1) is 11.4 Å². The normalized spacial score (nSPS) is 13.4. The molecule has 0 aliphatic heterocycles. The summed E-state index contributed by atoms with van der Waals surface area (Å²) in [4.78, 5) is 4.49. The predicted octanol–water partition coefficient (Wildman–Crippen LogP) is 3.85. The number of fused-ring (bicyclic) bond motifs is 1. The maximum Gasteiger partial charge on any atom is 0.152 e. The third-order valence-electron chi connectivity index (χ3n) is 4.32. The second kappa shape index (κ2) is 5.92. The van der Waals surface area contributed by atoms with Crippen LogP contribution in [0.25, 0.3) is 5.52 Å². The lowest BCUT2D eigenvalue weighted by Gasteiger charge is -2.13. The van der Waals surface area contributed by atoms with Crippen molar-refractivity contribution in [1.29, 1.82) is 0 Å². The minimum absolute atomic E-state index is 0.00721. The summed E-state index contributed by atoms with van der Waals surface area (Å²) in [5.74, 6) is 2.01.